The van der Waals surface area contributed by atoms with Crippen LogP contribution in [-0.2, 0) is 33.5 Å². The highest BCUT2D eigenvalue weighted by Crippen LogP contribution is 2.60. The molecule has 14 heteroatoms. The highest BCUT2D eigenvalue weighted by molar-refractivity contribution is 6.74. The minimum Gasteiger partial charge on any atom is -0.507 e. The molecule has 3 aliphatic carbocycles. The lowest BCUT2D eigenvalue weighted by Gasteiger charge is -2.55. The van der Waals surface area contributed by atoms with Crippen LogP contribution in [0.5, 0.6) is 17.4 Å². The molecule has 0 amide bonds. The van der Waals surface area contributed by atoms with Crippen LogP contribution in [0.1, 0.15) is 105 Å². The van der Waals surface area contributed by atoms with Gasteiger partial charge in [0.15, 0.2) is 25.4 Å². The minimum absolute atomic E-state index is 0.0292. The lowest BCUT2D eigenvalue weighted by atomic mass is 9.57. The highest BCUT2D eigenvalue weighted by atomic mass is 28.4. The minimum atomic E-state index is -2.99. The Morgan fingerprint density at radius 1 is 0.952 bits per heavy atom. The highest BCUT2D eigenvalue weighted by Gasteiger charge is 2.69. The largest absolute Gasteiger partial charge is 0.514 e. The van der Waals surface area contributed by atoms with Crippen molar-refractivity contribution in [2.24, 2.45) is 11.8 Å². The number of nitrogens with zero attached hydrogens (tertiary/aromatic N) is 3. The second-order valence-electron chi connectivity index (χ2n) is 20.3. The number of Topliss-reactive ketones (excluding diaryl/α,β-unsaturated/α-hetero) is 2. The van der Waals surface area contributed by atoms with Gasteiger partial charge in [-0.2, -0.15) is 0 Å². The first-order valence-corrected chi connectivity index (χ1v) is 24.9. The average molecular weight is 880 g/mol. The van der Waals surface area contributed by atoms with E-state index in [4.69, 9.17) is 27.9 Å². The van der Waals surface area contributed by atoms with Gasteiger partial charge < -0.3 is 33.0 Å². The van der Waals surface area contributed by atoms with Gasteiger partial charge in [0.05, 0.1) is 18.7 Å². The molecule has 336 valence electrons. The van der Waals surface area contributed by atoms with Crippen molar-refractivity contribution in [3.8, 4) is 17.4 Å². The zero-order valence-corrected chi connectivity index (χ0v) is 39.5. The second-order valence-corrected chi connectivity index (χ2v) is 25.0. The van der Waals surface area contributed by atoms with Crippen LogP contribution in [0.4, 0.5) is 4.79 Å². The molecule has 0 radical (unpaired) electrons. The zero-order chi connectivity index (χ0) is 45.4. The third-order valence-electron chi connectivity index (χ3n) is 13.7. The van der Waals surface area contributed by atoms with E-state index in [0.29, 0.717) is 34.4 Å². The number of ether oxygens (including phenoxy) is 4. The summed E-state index contributed by atoms with van der Waals surface area (Å²) in [6.45, 7) is 18.2. The number of rotatable bonds is 10. The Hall–Kier alpha value is -5.02. The number of carbonyl (C=O) groups excluding carboxylic acids is 3. The Kier molecular flexibility index (Phi) is 11.5. The van der Waals surface area contributed by atoms with Gasteiger partial charge in [0.2, 0.25) is 11.6 Å². The number of hydrogen-bond acceptors (Lipinski definition) is 13. The monoisotopic (exact) mass is 879 g/mol. The van der Waals surface area contributed by atoms with Crippen molar-refractivity contribution in [1.82, 2.24) is 15.0 Å². The summed E-state index contributed by atoms with van der Waals surface area (Å²) in [5.74, 6) is -2.17. The number of methoxy groups -OCH3 is 1. The average Bonchev–Trinajstić information content (AvgIpc) is 3.87. The van der Waals surface area contributed by atoms with E-state index in [1.54, 1.807) is 27.9 Å². The van der Waals surface area contributed by atoms with Crippen molar-refractivity contribution < 1.29 is 47.4 Å². The topological polar surface area (TPSA) is 150 Å². The predicted molar refractivity (Wildman–Crippen MR) is 241 cm³/mol. The molecule has 1 aromatic heterocycles. The molecular weight excluding hydrogens is 819 g/mol. The Labute approximate surface area is 370 Å². The van der Waals surface area contributed by atoms with Gasteiger partial charge >= 0.3 is 6.16 Å². The van der Waals surface area contributed by atoms with Crippen molar-refractivity contribution in [2.75, 3.05) is 34.3 Å². The number of aliphatic hydroxyl groups is 1. The fourth-order valence-electron chi connectivity index (χ4n) is 9.80. The van der Waals surface area contributed by atoms with Gasteiger partial charge in [-0.05, 0) is 120 Å². The fraction of sp³-hybridized carbons (Fsp3) is 0.510. The van der Waals surface area contributed by atoms with E-state index in [9.17, 15) is 9.90 Å². The standard InChI is InChI=1S/C49H61N3O10Si/c1-47(2,3)60-46(56)59-41-32-23-29(26-52-21-15-16-22-52)19-20-31(32)40(57-9)33-24-30-25-34-38(51(7)8)42-37(45(50-61-42)58-27-28-17-13-12-14-18-28)44(55)49(34,62-63(10,11)48(4,5)6)43(54)35(30)39(53)36(33)41/h12-14,17-20,23,30,34,38,53H,15-16,21-22,24-27H2,1-11H3/t30-,34-,38-,49-/m0/s1. The summed E-state index contributed by atoms with van der Waals surface area (Å²) < 4.78 is 37.7. The maximum absolute atomic E-state index is 16.1. The molecule has 8 rings (SSSR count). The SMILES string of the molecule is COc1c2c(c(OC(=O)OC(C)(C)C)c3cc(CN4CCCC4)ccc13)C(O)=C1C(=O)[C@]3(O[Si](C)(C)C(C)(C)C)C(=O)c4c(OCc5ccccc5)noc4[C@@H](N(C)C)[C@@H]3C[C@@H]1C2. The normalized spacial score (nSPS) is 22.8. The van der Waals surface area contributed by atoms with E-state index < -0.39 is 65.9 Å². The van der Waals surface area contributed by atoms with Crippen molar-refractivity contribution in [3.63, 3.8) is 0 Å². The number of benzene rings is 3. The molecule has 2 heterocycles. The van der Waals surface area contributed by atoms with Crippen LogP contribution in [0.25, 0.3) is 16.5 Å². The lowest BCUT2D eigenvalue weighted by molar-refractivity contribution is -0.140. The third kappa shape index (κ3) is 7.76. The molecule has 13 nitrogen and oxygen atoms in total. The molecule has 1 saturated carbocycles. The molecule has 4 atom stereocenters. The lowest BCUT2D eigenvalue weighted by Crippen LogP contribution is -2.68. The summed E-state index contributed by atoms with van der Waals surface area (Å²) in [5.41, 5.74) is -0.334. The van der Waals surface area contributed by atoms with Crippen LogP contribution in [0.3, 0.4) is 0 Å². The van der Waals surface area contributed by atoms with E-state index in [2.05, 4.69) is 36.9 Å². The molecule has 4 aliphatic rings. The van der Waals surface area contributed by atoms with Crippen molar-refractivity contribution in [3.05, 3.63) is 87.7 Å². The number of aromatic nitrogens is 1. The Balaban J connectivity index is 1.35. The molecule has 3 aromatic carbocycles. The third-order valence-corrected chi connectivity index (χ3v) is 18.1. The molecular formula is C49H61N3O10Si. The first kappa shape index (κ1) is 44.6. The molecule has 0 spiro atoms. The van der Waals surface area contributed by atoms with Gasteiger partial charge in [0, 0.05) is 34.4 Å². The zero-order valence-electron chi connectivity index (χ0n) is 38.5. The van der Waals surface area contributed by atoms with E-state index >= 15 is 9.59 Å². The summed E-state index contributed by atoms with van der Waals surface area (Å²) >= 11 is 0. The number of carbonyl (C=O) groups is 3. The first-order valence-electron chi connectivity index (χ1n) is 22.0. The molecule has 4 aromatic rings. The van der Waals surface area contributed by atoms with Crippen LogP contribution >= 0.6 is 0 Å². The fourth-order valence-corrected chi connectivity index (χ4v) is 11.3. The van der Waals surface area contributed by atoms with Gasteiger partial charge in [0.25, 0.3) is 5.88 Å². The quantitative estimate of drug-likeness (QED) is 0.0698. The first-order chi connectivity index (χ1) is 29.7. The van der Waals surface area contributed by atoms with Crippen molar-refractivity contribution >= 4 is 42.6 Å². The van der Waals surface area contributed by atoms with Crippen molar-refractivity contribution in [2.45, 2.75) is 116 Å². The van der Waals surface area contributed by atoms with E-state index in [0.717, 1.165) is 37.1 Å². The molecule has 0 bridgehead atoms. The molecule has 1 saturated heterocycles. The molecule has 63 heavy (non-hydrogen) atoms. The predicted octanol–water partition coefficient (Wildman–Crippen LogP) is 9.62. The van der Waals surface area contributed by atoms with Gasteiger partial charge in [-0.1, -0.05) is 63.2 Å². The molecule has 0 unspecified atom stereocenters. The number of hydrogen-bond donors (Lipinski definition) is 1. The number of ketones is 2. The Bertz CT molecular complexity index is 2490. The number of likely N-dealkylation sites (tertiary alicyclic amines) is 1. The maximum atomic E-state index is 16.1. The van der Waals surface area contributed by atoms with Gasteiger partial charge in [-0.15, -0.1) is 0 Å². The molecule has 1 N–H and O–H groups in total. The van der Waals surface area contributed by atoms with Crippen molar-refractivity contribution in [1.29, 1.82) is 0 Å². The summed E-state index contributed by atoms with van der Waals surface area (Å²) in [6, 6.07) is 14.8. The van der Waals surface area contributed by atoms with E-state index in [-0.39, 0.29) is 47.8 Å². The Morgan fingerprint density at radius 3 is 2.29 bits per heavy atom. The van der Waals surface area contributed by atoms with Crippen LogP contribution in [0, 0.1) is 11.8 Å². The van der Waals surface area contributed by atoms with Gasteiger partial charge in [-0.3, -0.25) is 19.4 Å². The maximum Gasteiger partial charge on any atom is 0.514 e. The Morgan fingerprint density at radius 2 is 1.65 bits per heavy atom. The van der Waals surface area contributed by atoms with Crippen LogP contribution in [0.15, 0.2) is 58.6 Å². The van der Waals surface area contributed by atoms with Crippen LogP contribution in [0.2, 0.25) is 18.1 Å². The summed E-state index contributed by atoms with van der Waals surface area (Å²) in [5, 5.41) is 18.0. The smallest absolute Gasteiger partial charge is 0.507 e. The van der Waals surface area contributed by atoms with Crippen LogP contribution < -0.4 is 14.2 Å². The second kappa shape index (κ2) is 16.2. The molecule has 2 fully saturated rings. The van der Waals surface area contributed by atoms with E-state index in [1.807, 2.05) is 74.6 Å². The molecule has 1 aliphatic heterocycles. The number of fused-ring (bicyclic) bond motifs is 5. The summed E-state index contributed by atoms with van der Waals surface area (Å²) in [6.07, 6.45) is 1.77. The summed E-state index contributed by atoms with van der Waals surface area (Å²) in [4.78, 5) is 49.8. The number of aliphatic hydroxyl groups excluding tert-OH is 1. The summed E-state index contributed by atoms with van der Waals surface area (Å²) in [7, 11) is 2.34. The van der Waals surface area contributed by atoms with E-state index in [1.165, 1.54) is 0 Å². The van der Waals surface area contributed by atoms with Gasteiger partial charge in [0.1, 0.15) is 29.3 Å². The van der Waals surface area contributed by atoms with Crippen LogP contribution in [-0.4, -0.2) is 91.6 Å². The van der Waals surface area contributed by atoms with Gasteiger partial charge in [-0.25, -0.2) is 4.79 Å².